The number of esters is 1. The molecule has 0 aliphatic heterocycles. The maximum absolute atomic E-state index is 14.7. The molecule has 0 saturated carbocycles. The van der Waals surface area contributed by atoms with Gasteiger partial charge in [0.25, 0.3) is 0 Å². The Morgan fingerprint density at radius 1 is 0.881 bits per heavy atom. The zero-order valence-electron chi connectivity index (χ0n) is 22.7. The topological polar surface area (TPSA) is 96.8 Å². The van der Waals surface area contributed by atoms with Gasteiger partial charge in [-0.3, -0.25) is 0 Å². The molecule has 3 aromatic carbocycles. The fraction of sp³-hybridized carbons (Fsp3) is 0.290. The summed E-state index contributed by atoms with van der Waals surface area (Å²) < 4.78 is 81.4. The van der Waals surface area contributed by atoms with E-state index < -0.39 is 36.2 Å². The van der Waals surface area contributed by atoms with Crippen LogP contribution in [-0.4, -0.2) is 25.4 Å². The molecule has 42 heavy (non-hydrogen) atoms. The maximum atomic E-state index is 14.7. The van der Waals surface area contributed by atoms with E-state index in [1.54, 1.807) is 18.2 Å². The lowest BCUT2D eigenvalue weighted by atomic mass is 10.00. The van der Waals surface area contributed by atoms with Gasteiger partial charge in [0.1, 0.15) is 11.5 Å². The van der Waals surface area contributed by atoms with Crippen LogP contribution in [0.3, 0.4) is 0 Å². The fourth-order valence-electron chi connectivity index (χ4n) is 3.84. The summed E-state index contributed by atoms with van der Waals surface area (Å²) in [5.74, 6) is -0.757. The SMILES string of the molecule is [CH2]C(COC(=O)/C=C/c1ccc(C(F)(F)Oc2ccc(OCCCCCC(F)(F)F)cc2)cc1)c1ccc(N)cc1N. The van der Waals surface area contributed by atoms with Crippen LogP contribution in [0, 0.1) is 6.92 Å². The molecule has 11 heteroatoms. The molecule has 0 aliphatic rings. The van der Waals surface area contributed by atoms with Gasteiger partial charge in [-0.1, -0.05) is 18.2 Å². The van der Waals surface area contributed by atoms with Crippen molar-refractivity contribution < 1.29 is 41.0 Å². The van der Waals surface area contributed by atoms with Gasteiger partial charge in [-0.05, 0) is 91.9 Å². The molecule has 0 heterocycles. The van der Waals surface area contributed by atoms with Crippen LogP contribution >= 0.6 is 0 Å². The molecule has 0 aromatic heterocycles. The summed E-state index contributed by atoms with van der Waals surface area (Å²) in [5, 5.41) is 0. The quantitative estimate of drug-likeness (QED) is 0.0657. The van der Waals surface area contributed by atoms with Gasteiger partial charge in [0, 0.05) is 29.8 Å². The highest BCUT2D eigenvalue weighted by Crippen LogP contribution is 2.33. The van der Waals surface area contributed by atoms with Gasteiger partial charge in [-0.25, -0.2) is 4.79 Å². The Kier molecular flexibility index (Phi) is 11.2. The van der Waals surface area contributed by atoms with E-state index in [4.69, 9.17) is 25.7 Å². The molecule has 4 N–H and O–H groups in total. The fourth-order valence-corrected chi connectivity index (χ4v) is 3.84. The van der Waals surface area contributed by atoms with E-state index in [9.17, 15) is 26.7 Å². The number of hydrogen-bond acceptors (Lipinski definition) is 6. The molecule has 0 amide bonds. The molecule has 3 rings (SSSR count). The second-order valence-electron chi connectivity index (χ2n) is 9.54. The number of anilines is 2. The third-order valence-corrected chi connectivity index (χ3v) is 6.08. The van der Waals surface area contributed by atoms with Crippen LogP contribution in [0.5, 0.6) is 11.5 Å². The first-order valence-corrected chi connectivity index (χ1v) is 13.1. The van der Waals surface area contributed by atoms with Crippen molar-refractivity contribution in [1.29, 1.82) is 0 Å². The van der Waals surface area contributed by atoms with Gasteiger partial charge in [0.2, 0.25) is 0 Å². The number of halogens is 5. The number of carbonyl (C=O) groups excluding carboxylic acids is 1. The molecule has 0 aliphatic carbocycles. The third kappa shape index (κ3) is 10.6. The average molecular weight is 592 g/mol. The first kappa shape index (κ1) is 32.2. The lowest BCUT2D eigenvalue weighted by molar-refractivity contribution is -0.185. The number of benzene rings is 3. The zero-order valence-corrected chi connectivity index (χ0v) is 22.7. The van der Waals surface area contributed by atoms with Crippen LogP contribution in [-0.2, 0) is 15.6 Å². The molecular formula is C31H32F5N2O4. The van der Waals surface area contributed by atoms with Crippen LogP contribution in [0.15, 0.2) is 72.8 Å². The van der Waals surface area contributed by atoms with Crippen LogP contribution < -0.4 is 20.9 Å². The number of alkyl halides is 5. The lowest BCUT2D eigenvalue weighted by Crippen LogP contribution is -2.21. The minimum absolute atomic E-state index is 0.0156. The normalized spacial score (nSPS) is 12.7. The van der Waals surface area contributed by atoms with Gasteiger partial charge in [0.15, 0.2) is 0 Å². The highest BCUT2D eigenvalue weighted by molar-refractivity contribution is 5.87. The molecule has 0 saturated heterocycles. The first-order valence-electron chi connectivity index (χ1n) is 13.1. The standard InChI is InChI=1S/C31H32F5N2O4/c1-21(27-15-10-24(37)19-28(27)38)20-41-29(39)16-7-22-5-8-23(9-6-22)31(35,36)42-26-13-11-25(12-14-26)40-18-4-2-3-17-30(32,33)34/h5-16,19,21H,1-4,17-18,20,37-38H2/b16-7+. The summed E-state index contributed by atoms with van der Waals surface area (Å²) in [5.41, 5.74) is 13.3. The van der Waals surface area contributed by atoms with Crippen molar-refractivity contribution in [3.8, 4) is 11.5 Å². The van der Waals surface area contributed by atoms with Crippen molar-refractivity contribution in [2.75, 3.05) is 24.7 Å². The Labute approximate surface area is 241 Å². The Morgan fingerprint density at radius 3 is 2.19 bits per heavy atom. The Morgan fingerprint density at radius 2 is 1.55 bits per heavy atom. The molecule has 1 radical (unpaired) electrons. The second kappa shape index (κ2) is 14.6. The smallest absolute Gasteiger partial charge is 0.426 e. The van der Waals surface area contributed by atoms with E-state index in [2.05, 4.69) is 6.92 Å². The molecule has 225 valence electrons. The number of ether oxygens (including phenoxy) is 3. The van der Waals surface area contributed by atoms with E-state index >= 15 is 0 Å². The van der Waals surface area contributed by atoms with Gasteiger partial charge >= 0.3 is 18.3 Å². The van der Waals surface area contributed by atoms with Crippen molar-refractivity contribution in [3.63, 3.8) is 0 Å². The van der Waals surface area contributed by atoms with Crippen LogP contribution in [0.2, 0.25) is 0 Å². The molecule has 0 bridgehead atoms. The molecule has 0 fully saturated rings. The van der Waals surface area contributed by atoms with Crippen LogP contribution in [0.25, 0.3) is 6.08 Å². The van der Waals surface area contributed by atoms with Crippen molar-refractivity contribution in [2.45, 2.75) is 43.9 Å². The molecule has 1 unspecified atom stereocenters. The average Bonchev–Trinajstić information content (AvgIpc) is 2.93. The first-order chi connectivity index (χ1) is 19.8. The summed E-state index contributed by atoms with van der Waals surface area (Å²) in [7, 11) is 0. The monoisotopic (exact) mass is 591 g/mol. The highest BCUT2D eigenvalue weighted by atomic mass is 19.4. The van der Waals surface area contributed by atoms with Gasteiger partial charge in [-0.2, -0.15) is 22.0 Å². The van der Waals surface area contributed by atoms with Gasteiger partial charge in [-0.15, -0.1) is 0 Å². The number of nitrogens with two attached hydrogens (primary N) is 2. The number of nitrogen functional groups attached to an aromatic ring is 2. The molecule has 1 atom stereocenters. The summed E-state index contributed by atoms with van der Waals surface area (Å²) in [6.07, 6.45) is -5.21. The van der Waals surface area contributed by atoms with Crippen molar-refractivity contribution >= 4 is 23.4 Å². The Hall–Kier alpha value is -4.28. The van der Waals surface area contributed by atoms with E-state index in [0.717, 1.165) is 0 Å². The van der Waals surface area contributed by atoms with E-state index in [0.29, 0.717) is 41.1 Å². The summed E-state index contributed by atoms with van der Waals surface area (Å²) in [6.45, 7) is 4.14. The predicted octanol–water partition coefficient (Wildman–Crippen LogP) is 7.66. The van der Waals surface area contributed by atoms with Crippen molar-refractivity contribution in [2.24, 2.45) is 0 Å². The number of hydrogen-bond donors (Lipinski definition) is 2. The lowest BCUT2D eigenvalue weighted by Gasteiger charge is -2.18. The third-order valence-electron chi connectivity index (χ3n) is 6.08. The number of carbonyl (C=O) groups is 1. The largest absolute Gasteiger partial charge is 0.494 e. The van der Waals surface area contributed by atoms with E-state index in [-0.39, 0.29) is 25.4 Å². The number of rotatable bonds is 14. The molecular weight excluding hydrogens is 559 g/mol. The Bertz CT molecular complexity index is 1330. The Balaban J connectivity index is 1.45. The van der Waals surface area contributed by atoms with Crippen molar-refractivity contribution in [3.05, 3.63) is 96.4 Å². The van der Waals surface area contributed by atoms with Gasteiger partial charge < -0.3 is 25.7 Å². The number of unbranched alkanes of at least 4 members (excludes halogenated alkanes) is 2. The second-order valence-corrected chi connectivity index (χ2v) is 9.54. The highest BCUT2D eigenvalue weighted by Gasteiger charge is 2.34. The molecule has 0 spiro atoms. The summed E-state index contributed by atoms with van der Waals surface area (Å²) in [4.78, 5) is 12.1. The minimum atomic E-state index is -4.17. The van der Waals surface area contributed by atoms with Crippen molar-refractivity contribution in [1.82, 2.24) is 0 Å². The summed E-state index contributed by atoms with van der Waals surface area (Å²) in [6, 6.07) is 15.7. The maximum Gasteiger partial charge on any atom is 0.426 e. The molecule has 6 nitrogen and oxygen atoms in total. The summed E-state index contributed by atoms with van der Waals surface area (Å²) >= 11 is 0. The van der Waals surface area contributed by atoms with E-state index in [1.807, 2.05) is 0 Å². The predicted molar refractivity (Wildman–Crippen MR) is 151 cm³/mol. The van der Waals surface area contributed by atoms with Crippen LogP contribution in [0.4, 0.5) is 33.3 Å². The van der Waals surface area contributed by atoms with E-state index in [1.165, 1.54) is 60.7 Å². The zero-order chi connectivity index (χ0) is 30.8. The van der Waals surface area contributed by atoms with Gasteiger partial charge in [0.05, 0.1) is 18.8 Å². The van der Waals surface area contributed by atoms with Crippen LogP contribution in [0.1, 0.15) is 48.3 Å². The molecule has 3 aromatic rings. The minimum Gasteiger partial charge on any atom is -0.494 e.